The minimum atomic E-state index is -0.500. The number of nitrogens with zero attached hydrogens (tertiary/aromatic N) is 2. The maximum Gasteiger partial charge on any atom is 0.123 e. The summed E-state index contributed by atoms with van der Waals surface area (Å²) in [5.41, 5.74) is 13.2. The highest BCUT2D eigenvalue weighted by Crippen LogP contribution is 2.32. The van der Waals surface area contributed by atoms with Crippen LogP contribution in [0.5, 0.6) is 0 Å². The third kappa shape index (κ3) is 30.8. The first-order chi connectivity index (χ1) is 36.0. The van der Waals surface area contributed by atoms with Crippen LogP contribution in [-0.2, 0) is 38.9 Å². The predicted molar refractivity (Wildman–Crippen MR) is 350 cm³/mol. The molecule has 2 aromatic heterocycles. The molecule has 5 nitrogen and oxygen atoms in total. The van der Waals surface area contributed by atoms with Gasteiger partial charge >= 0.3 is 0 Å². The Balaban J connectivity index is 0.000000471. The van der Waals surface area contributed by atoms with E-state index in [1.165, 1.54) is 105 Å². The van der Waals surface area contributed by atoms with Crippen molar-refractivity contribution in [3.8, 4) is 11.1 Å². The van der Waals surface area contributed by atoms with Crippen LogP contribution in [0.25, 0.3) is 11.1 Å². The quantitative estimate of drug-likeness (QED) is 0.169. The summed E-state index contributed by atoms with van der Waals surface area (Å²) in [5.74, 6) is -0.169. The van der Waals surface area contributed by atoms with E-state index < -0.39 is 5.60 Å². The number of ether oxygens (including phenoxy) is 1. The van der Waals surface area contributed by atoms with Crippen LogP contribution < -0.4 is 10.2 Å². The number of rotatable bonds is 5. The van der Waals surface area contributed by atoms with Crippen LogP contribution in [0.2, 0.25) is 0 Å². The number of anilines is 1. The second kappa shape index (κ2) is 32.2. The van der Waals surface area contributed by atoms with E-state index in [0.29, 0.717) is 5.41 Å². The maximum absolute atomic E-state index is 12.5. The summed E-state index contributed by atoms with van der Waals surface area (Å²) in [7, 11) is 3.80. The van der Waals surface area contributed by atoms with Crippen molar-refractivity contribution in [3.63, 3.8) is 0 Å². The van der Waals surface area contributed by atoms with Gasteiger partial charge in [-0.25, -0.2) is 4.39 Å². The second-order valence-electron chi connectivity index (χ2n) is 28.4. The number of halogens is 1. The number of aromatic nitrogens is 1. The summed E-state index contributed by atoms with van der Waals surface area (Å²) in [6, 6.07) is 39.6. The lowest BCUT2D eigenvalue weighted by Crippen LogP contribution is -2.37. The topological polar surface area (TPSA) is 49.7 Å². The molecule has 7 heteroatoms. The average Bonchev–Trinajstić information content (AvgIpc) is 3.87. The lowest BCUT2D eigenvalue weighted by atomic mass is 9.86. The summed E-state index contributed by atoms with van der Waals surface area (Å²) in [4.78, 5) is 5.40. The van der Waals surface area contributed by atoms with Crippen molar-refractivity contribution in [2.45, 2.75) is 224 Å². The van der Waals surface area contributed by atoms with Gasteiger partial charge in [-0.3, -0.25) is 0 Å². The summed E-state index contributed by atoms with van der Waals surface area (Å²) in [6.07, 6.45) is 6.22. The Labute approximate surface area is 489 Å². The monoisotopic (exact) mass is 1100 g/mol. The van der Waals surface area contributed by atoms with Gasteiger partial charge < -0.3 is 24.6 Å². The van der Waals surface area contributed by atoms with Crippen molar-refractivity contribution in [2.24, 2.45) is 7.05 Å². The molecule has 0 amide bonds. The highest BCUT2D eigenvalue weighted by molar-refractivity contribution is 7.12. The third-order valence-corrected chi connectivity index (χ3v) is 14.0. The molecule has 1 fully saturated rings. The summed E-state index contributed by atoms with van der Waals surface area (Å²) < 4.78 is 19.5. The van der Waals surface area contributed by atoms with Crippen molar-refractivity contribution in [3.05, 3.63) is 171 Å². The van der Waals surface area contributed by atoms with Crippen LogP contribution in [-0.4, -0.2) is 54.2 Å². The second-order valence-corrected chi connectivity index (χ2v) is 29.8. The van der Waals surface area contributed by atoms with Gasteiger partial charge in [0.2, 0.25) is 0 Å². The fourth-order valence-corrected chi connectivity index (χ4v) is 9.51. The van der Waals surface area contributed by atoms with E-state index in [1.807, 2.05) is 29.5 Å². The number of hydrogen-bond donors (Lipinski definition) is 2. The van der Waals surface area contributed by atoms with Gasteiger partial charge in [0.25, 0.3) is 0 Å². The van der Waals surface area contributed by atoms with Crippen molar-refractivity contribution < 1.29 is 14.2 Å². The number of hydrogen-bond acceptors (Lipinski definition) is 5. The zero-order valence-electron chi connectivity index (χ0n) is 55.0. The Bertz CT molecular complexity index is 2530. The molecule has 0 unspecified atom stereocenters. The number of thiophene rings is 1. The van der Waals surface area contributed by atoms with Crippen LogP contribution in [0.3, 0.4) is 0 Å². The fraction of sp³-hybridized carbons (Fsp3) is 0.556. The molecule has 0 bridgehead atoms. The molecule has 6 aromatic rings. The number of methoxy groups -OCH3 is 1. The Morgan fingerprint density at radius 3 is 1.25 bits per heavy atom. The Morgan fingerprint density at radius 2 is 0.937 bits per heavy atom. The molecule has 1 saturated heterocycles. The molecule has 79 heavy (non-hydrogen) atoms. The molecule has 0 spiro atoms. The lowest BCUT2D eigenvalue weighted by Gasteiger charge is -2.29. The van der Waals surface area contributed by atoms with Gasteiger partial charge in [-0.2, -0.15) is 0 Å². The number of nitrogens with one attached hydrogen (secondary N) is 1. The molecule has 442 valence electrons. The molecule has 1 aliphatic heterocycles. The van der Waals surface area contributed by atoms with Crippen molar-refractivity contribution in [1.82, 2.24) is 9.88 Å². The third-order valence-electron chi connectivity index (χ3n) is 13.0. The Kier molecular flexibility index (Phi) is 29.5. The molecule has 0 atom stereocenters. The van der Waals surface area contributed by atoms with E-state index in [-0.39, 0.29) is 33.0 Å². The molecule has 0 radical (unpaired) electrons. The molecule has 2 N–H and O–H groups in total. The number of benzene rings is 4. The molecule has 1 aliphatic rings. The minimum absolute atomic E-state index is 0.119. The van der Waals surface area contributed by atoms with Crippen molar-refractivity contribution in [2.75, 3.05) is 38.3 Å². The molecular weight excluding hydrogens is 990 g/mol. The first-order valence-electron chi connectivity index (χ1n) is 29.0. The van der Waals surface area contributed by atoms with Crippen molar-refractivity contribution >= 4 is 17.0 Å². The highest BCUT2D eigenvalue weighted by atomic mass is 32.1. The van der Waals surface area contributed by atoms with Gasteiger partial charge in [0.15, 0.2) is 0 Å². The predicted octanol–water partition coefficient (Wildman–Crippen LogP) is 19.8. The minimum Gasteiger partial charge on any atom is -0.391 e. The van der Waals surface area contributed by atoms with Crippen molar-refractivity contribution in [1.29, 1.82) is 0 Å². The van der Waals surface area contributed by atoms with Crippen LogP contribution in [0.4, 0.5) is 10.1 Å². The number of aliphatic hydroxyl groups is 1. The first kappa shape index (κ1) is 72.5. The van der Waals surface area contributed by atoms with E-state index in [2.05, 4.69) is 258 Å². The van der Waals surface area contributed by atoms with Gasteiger partial charge in [0.05, 0.1) is 12.2 Å². The van der Waals surface area contributed by atoms with E-state index in [0.717, 1.165) is 13.2 Å². The van der Waals surface area contributed by atoms with Gasteiger partial charge in [-0.05, 0) is 184 Å². The zero-order valence-corrected chi connectivity index (χ0v) is 55.8. The summed E-state index contributed by atoms with van der Waals surface area (Å²) in [5, 5.41) is 11.8. The van der Waals surface area contributed by atoms with E-state index >= 15 is 0 Å². The standard InChI is InChI=1S/C16H18.C15H23N.C10H13F.C10H17N.C10H16S.C7H17NO.C4H10O/c1-16(2,3)15-11-9-14(10-12-15)13-7-5-4-6-8-13;1-15(2,3)13-7-9-14(10-8-13)16-11-5-4-6-12-16;1-10(2,3)8-4-6-9(11)7-5-8;1-8-9(10(2,3)4)6-7-11(8)5;1-7-6-9(8(2)11-7)10(3,4)5;1-7(2,3)8-5-6-9-4;1-4(2,3)5/h4-12H,1-3H3;7-10H,4-6,11-12H2,1-3H3;4-7H,1-3H3;6-7H,1-5H3;6H,1-5H3;8H,5-6H2,1-4H3;5H,1-3H3. The maximum atomic E-state index is 12.5. The Hall–Kier alpha value is -4.53. The summed E-state index contributed by atoms with van der Waals surface area (Å²) >= 11 is 1.90. The molecule has 0 aliphatic carbocycles. The highest BCUT2D eigenvalue weighted by Gasteiger charge is 2.20. The van der Waals surface area contributed by atoms with E-state index in [9.17, 15) is 4.39 Å². The number of piperidine rings is 1. The Morgan fingerprint density at radius 1 is 0.532 bits per heavy atom. The van der Waals surface area contributed by atoms with E-state index in [4.69, 9.17) is 9.84 Å². The van der Waals surface area contributed by atoms with Crippen LogP contribution in [0, 0.1) is 26.6 Å². The van der Waals surface area contributed by atoms with Gasteiger partial charge in [0.1, 0.15) is 5.82 Å². The van der Waals surface area contributed by atoms with Crippen LogP contribution >= 0.6 is 11.3 Å². The number of aryl methyl sites for hydroxylation is 3. The normalized spacial score (nSPS) is 13.0. The lowest BCUT2D eigenvalue weighted by molar-refractivity contribution is 0.102. The molecule has 7 rings (SSSR count). The molecular formula is C72H114FN3O2S. The molecule has 3 heterocycles. The fourth-order valence-electron chi connectivity index (χ4n) is 8.37. The zero-order chi connectivity index (χ0) is 60.8. The smallest absolute Gasteiger partial charge is 0.123 e. The largest absolute Gasteiger partial charge is 0.391 e. The van der Waals surface area contributed by atoms with E-state index in [1.54, 1.807) is 27.9 Å². The van der Waals surface area contributed by atoms with Gasteiger partial charge in [-0.1, -0.05) is 183 Å². The molecule has 4 aromatic carbocycles. The molecule has 0 saturated carbocycles. The van der Waals surface area contributed by atoms with Crippen LogP contribution in [0.1, 0.15) is 208 Å². The van der Waals surface area contributed by atoms with Gasteiger partial charge in [-0.15, -0.1) is 11.3 Å². The van der Waals surface area contributed by atoms with Gasteiger partial charge in [0, 0.05) is 66.7 Å². The SMILES string of the molecule is CC(C)(C)O.CC(C)(C)c1ccc(-c2ccccc2)cc1.CC(C)(C)c1ccc(F)cc1.CC(C)(C)c1ccc(N2CCCCC2)cc1.COCCNC(C)(C)C.Cc1c(C(C)(C)C)ccn1C.Cc1cc(C(C)(C)C)c(C)s1. The first-order valence-corrected chi connectivity index (χ1v) is 29.8. The van der Waals surface area contributed by atoms with Crippen LogP contribution in [0.15, 0.2) is 121 Å². The average molecular weight is 1100 g/mol. The summed E-state index contributed by atoms with van der Waals surface area (Å²) in [6.45, 7) is 55.8.